The molecule has 2 rings (SSSR count). The number of methoxy groups -OCH3 is 1. The summed E-state index contributed by atoms with van der Waals surface area (Å²) in [7, 11) is 1.38. The SMILES string of the molecule is CC=C(C)C(=O)OC(C)C(C)(O)C(=O)OC(C)C(OC(=O)C(C)(O)C(C)OC(=O)C(C)=CC)c1cc(OC)c2c(c1)OCO2. The van der Waals surface area contributed by atoms with E-state index >= 15 is 0 Å². The zero-order valence-electron chi connectivity index (χ0n) is 26.7. The molecule has 13 nitrogen and oxygen atoms in total. The van der Waals surface area contributed by atoms with Gasteiger partial charge in [-0.3, -0.25) is 0 Å². The molecule has 13 heteroatoms. The Morgan fingerprint density at radius 3 is 1.75 bits per heavy atom. The number of fused-ring (bicyclic) bond motifs is 1. The molecule has 0 aromatic heterocycles. The van der Waals surface area contributed by atoms with E-state index in [0.29, 0.717) is 5.75 Å². The van der Waals surface area contributed by atoms with E-state index < -0.39 is 59.5 Å². The first-order valence-electron chi connectivity index (χ1n) is 13.9. The summed E-state index contributed by atoms with van der Waals surface area (Å²) >= 11 is 0. The minimum atomic E-state index is -2.34. The number of rotatable bonds is 13. The van der Waals surface area contributed by atoms with Crippen molar-refractivity contribution in [3.63, 3.8) is 0 Å². The van der Waals surface area contributed by atoms with E-state index in [0.717, 1.165) is 13.8 Å². The van der Waals surface area contributed by atoms with Crippen LogP contribution in [-0.2, 0) is 38.1 Å². The molecule has 0 saturated carbocycles. The highest BCUT2D eigenvalue weighted by Crippen LogP contribution is 2.44. The van der Waals surface area contributed by atoms with Gasteiger partial charge in [-0.25, -0.2) is 19.2 Å². The zero-order chi connectivity index (χ0) is 33.6. The number of esters is 4. The van der Waals surface area contributed by atoms with E-state index in [-0.39, 0.29) is 35.0 Å². The van der Waals surface area contributed by atoms with Crippen LogP contribution in [0.25, 0.3) is 0 Å². The average molecular weight is 623 g/mol. The Bertz CT molecular complexity index is 1310. The van der Waals surface area contributed by atoms with Crippen LogP contribution in [0.4, 0.5) is 0 Å². The summed E-state index contributed by atoms with van der Waals surface area (Å²) in [6, 6.07) is 2.94. The Labute approximate surface area is 256 Å². The normalized spacial score (nSPS) is 18.5. The summed E-state index contributed by atoms with van der Waals surface area (Å²) in [5, 5.41) is 22.0. The van der Waals surface area contributed by atoms with Gasteiger partial charge in [-0.1, -0.05) is 12.2 Å². The largest absolute Gasteiger partial charge is 0.493 e. The van der Waals surface area contributed by atoms with E-state index in [2.05, 4.69) is 0 Å². The quantitative estimate of drug-likeness (QED) is 0.187. The van der Waals surface area contributed by atoms with Crippen LogP contribution in [0.1, 0.15) is 74.0 Å². The predicted octanol–water partition coefficient (Wildman–Crippen LogP) is 3.24. The van der Waals surface area contributed by atoms with Gasteiger partial charge in [-0.2, -0.15) is 0 Å². The van der Waals surface area contributed by atoms with Gasteiger partial charge in [-0.15, -0.1) is 0 Å². The molecule has 0 spiro atoms. The molecule has 2 N–H and O–H groups in total. The van der Waals surface area contributed by atoms with Gasteiger partial charge >= 0.3 is 23.9 Å². The number of ether oxygens (including phenoxy) is 7. The lowest BCUT2D eigenvalue weighted by molar-refractivity contribution is -0.201. The van der Waals surface area contributed by atoms with E-state index in [9.17, 15) is 29.4 Å². The molecule has 244 valence electrons. The Kier molecular flexibility index (Phi) is 12.0. The Morgan fingerprint density at radius 1 is 0.818 bits per heavy atom. The van der Waals surface area contributed by atoms with Crippen molar-refractivity contribution in [2.45, 2.75) is 97.9 Å². The zero-order valence-corrected chi connectivity index (χ0v) is 26.7. The van der Waals surface area contributed by atoms with Gasteiger partial charge in [0.25, 0.3) is 0 Å². The molecule has 0 radical (unpaired) electrons. The maximum atomic E-state index is 13.4. The molecule has 1 aliphatic rings. The molecule has 0 fully saturated rings. The summed E-state index contributed by atoms with van der Waals surface area (Å²) in [5.41, 5.74) is -3.90. The van der Waals surface area contributed by atoms with Crippen LogP contribution in [0.15, 0.2) is 35.4 Å². The number of aliphatic hydroxyl groups is 2. The van der Waals surface area contributed by atoms with E-state index in [1.807, 2.05) is 0 Å². The third-order valence-corrected chi connectivity index (χ3v) is 7.45. The number of benzene rings is 1. The average Bonchev–Trinajstić information content (AvgIpc) is 3.46. The van der Waals surface area contributed by atoms with Gasteiger partial charge in [0.2, 0.25) is 12.5 Å². The second-order valence-electron chi connectivity index (χ2n) is 10.7. The van der Waals surface area contributed by atoms with Crippen molar-refractivity contribution in [2.24, 2.45) is 0 Å². The third kappa shape index (κ3) is 8.08. The first-order chi connectivity index (χ1) is 20.4. The van der Waals surface area contributed by atoms with Crippen LogP contribution in [0.2, 0.25) is 0 Å². The van der Waals surface area contributed by atoms with Gasteiger partial charge in [0.15, 0.2) is 28.8 Å². The summed E-state index contributed by atoms with van der Waals surface area (Å²) in [4.78, 5) is 51.1. The molecular weight excluding hydrogens is 580 g/mol. The summed E-state index contributed by atoms with van der Waals surface area (Å²) in [5.74, 6) is -3.10. The summed E-state index contributed by atoms with van der Waals surface area (Å²) < 4.78 is 38.0. The van der Waals surface area contributed by atoms with E-state index in [4.69, 9.17) is 33.2 Å². The molecular formula is C31H42O13. The van der Waals surface area contributed by atoms with E-state index in [1.54, 1.807) is 13.8 Å². The summed E-state index contributed by atoms with van der Waals surface area (Å²) in [6.45, 7) is 12.4. The van der Waals surface area contributed by atoms with Gasteiger partial charge in [0.05, 0.1) is 7.11 Å². The molecule has 0 saturated heterocycles. The highest BCUT2D eigenvalue weighted by atomic mass is 16.7. The lowest BCUT2D eigenvalue weighted by Gasteiger charge is -2.33. The third-order valence-electron chi connectivity index (χ3n) is 7.45. The second-order valence-corrected chi connectivity index (χ2v) is 10.7. The molecule has 6 unspecified atom stereocenters. The Morgan fingerprint density at radius 2 is 1.30 bits per heavy atom. The standard InChI is InChI=1S/C31H42O13/c1-11-16(3)26(32)42-19(6)30(8,36)28(34)41-18(5)24(21-13-22(38-10)25-23(14-21)39-15-40-25)44-29(35)31(9,37)20(7)43-27(33)17(4)12-2/h11-14,18-20,24,36-37H,15H2,1-10H3. The lowest BCUT2D eigenvalue weighted by Crippen LogP contribution is -2.51. The number of hydrogen-bond acceptors (Lipinski definition) is 13. The maximum Gasteiger partial charge on any atom is 0.342 e. The fraction of sp³-hybridized carbons (Fsp3) is 0.548. The minimum Gasteiger partial charge on any atom is -0.493 e. The molecule has 0 amide bonds. The molecule has 1 aliphatic heterocycles. The Balaban J connectivity index is 2.42. The van der Waals surface area contributed by atoms with Crippen molar-refractivity contribution in [2.75, 3.05) is 13.9 Å². The Hall–Kier alpha value is -4.10. The maximum absolute atomic E-state index is 13.4. The van der Waals surface area contributed by atoms with Crippen molar-refractivity contribution in [3.05, 3.63) is 41.0 Å². The van der Waals surface area contributed by atoms with Crippen molar-refractivity contribution >= 4 is 23.9 Å². The van der Waals surface area contributed by atoms with Crippen LogP contribution in [-0.4, -0.2) is 77.5 Å². The van der Waals surface area contributed by atoms with Crippen LogP contribution in [0.5, 0.6) is 17.2 Å². The van der Waals surface area contributed by atoms with Crippen LogP contribution in [0, 0.1) is 0 Å². The molecule has 6 atom stereocenters. The highest BCUT2D eigenvalue weighted by molar-refractivity contribution is 5.89. The summed E-state index contributed by atoms with van der Waals surface area (Å²) in [6.07, 6.45) is -2.37. The molecule has 1 heterocycles. The first-order valence-corrected chi connectivity index (χ1v) is 13.9. The highest BCUT2D eigenvalue weighted by Gasteiger charge is 2.46. The van der Waals surface area contributed by atoms with Crippen molar-refractivity contribution < 1.29 is 62.5 Å². The van der Waals surface area contributed by atoms with Crippen LogP contribution < -0.4 is 14.2 Å². The van der Waals surface area contributed by atoms with Crippen molar-refractivity contribution in [3.8, 4) is 17.2 Å². The monoisotopic (exact) mass is 622 g/mol. The number of allylic oxidation sites excluding steroid dienone is 2. The van der Waals surface area contributed by atoms with Crippen molar-refractivity contribution in [1.29, 1.82) is 0 Å². The molecule has 44 heavy (non-hydrogen) atoms. The fourth-order valence-electron chi connectivity index (χ4n) is 3.64. The molecule has 1 aromatic carbocycles. The number of carbonyl (C=O) groups is 4. The second kappa shape index (κ2) is 14.6. The van der Waals surface area contributed by atoms with Crippen LogP contribution in [0.3, 0.4) is 0 Å². The van der Waals surface area contributed by atoms with Gasteiger partial charge in [-0.05, 0) is 74.4 Å². The first kappa shape index (κ1) is 36.1. The fourth-order valence-corrected chi connectivity index (χ4v) is 3.64. The topological polar surface area (TPSA) is 173 Å². The van der Waals surface area contributed by atoms with Gasteiger partial charge in [0, 0.05) is 16.7 Å². The molecule has 0 bridgehead atoms. The smallest absolute Gasteiger partial charge is 0.342 e. The van der Waals surface area contributed by atoms with Crippen molar-refractivity contribution in [1.82, 2.24) is 0 Å². The molecule has 1 aromatic rings. The lowest BCUT2D eigenvalue weighted by atomic mass is 9.98. The van der Waals surface area contributed by atoms with Crippen LogP contribution >= 0.6 is 0 Å². The minimum absolute atomic E-state index is 0.0977. The molecule has 0 aliphatic carbocycles. The van der Waals surface area contributed by atoms with Gasteiger partial charge in [0.1, 0.15) is 18.3 Å². The number of carbonyl (C=O) groups excluding carboxylic acids is 4. The predicted molar refractivity (Wildman–Crippen MR) is 155 cm³/mol. The van der Waals surface area contributed by atoms with E-state index in [1.165, 1.54) is 66.0 Å². The number of hydrogen-bond donors (Lipinski definition) is 2. The van der Waals surface area contributed by atoms with Gasteiger partial charge < -0.3 is 43.4 Å².